The van der Waals surface area contributed by atoms with Crippen molar-refractivity contribution in [1.82, 2.24) is 5.32 Å². The number of hydrogen-bond acceptors (Lipinski definition) is 8. The van der Waals surface area contributed by atoms with Crippen molar-refractivity contribution in [3.8, 4) is 0 Å². The number of nitrogens with one attached hydrogen (secondary N) is 1. The van der Waals surface area contributed by atoms with Crippen LogP contribution in [0.4, 0.5) is 0 Å². The van der Waals surface area contributed by atoms with Gasteiger partial charge < -0.3 is 40.3 Å². The lowest BCUT2D eigenvalue weighted by atomic mass is 9.99. The number of ether oxygens (including phenoxy) is 2. The van der Waals surface area contributed by atoms with Crippen molar-refractivity contribution in [1.29, 1.82) is 0 Å². The second kappa shape index (κ2) is 52.5. The first kappa shape index (κ1) is 68.1. The Hall–Kier alpha value is -2.89. The van der Waals surface area contributed by atoms with E-state index in [1.54, 1.807) is 6.08 Å². The Morgan fingerprint density at radius 1 is 0.479 bits per heavy atom. The molecule has 1 fully saturated rings. The lowest BCUT2D eigenvalue weighted by molar-refractivity contribution is -0.302. The molecule has 7 unspecified atom stereocenters. The molecular formula is C64H111NO8. The quantitative estimate of drug-likeness (QED) is 0.0261. The Balaban J connectivity index is 2.26. The lowest BCUT2D eigenvalue weighted by Crippen LogP contribution is -2.60. The number of amides is 1. The highest BCUT2D eigenvalue weighted by Crippen LogP contribution is 2.23. The molecule has 0 aromatic rings. The summed E-state index contributed by atoms with van der Waals surface area (Å²) in [6.07, 6.45) is 69.2. The molecule has 0 aliphatic carbocycles. The average molecular weight is 1020 g/mol. The number of allylic oxidation sites excluding steroid dienone is 15. The second-order valence-corrected chi connectivity index (χ2v) is 20.4. The van der Waals surface area contributed by atoms with Crippen LogP contribution in [0.25, 0.3) is 0 Å². The average Bonchev–Trinajstić information content (AvgIpc) is 3.39. The Morgan fingerprint density at radius 2 is 0.863 bits per heavy atom. The van der Waals surface area contributed by atoms with E-state index in [9.17, 15) is 30.3 Å². The number of rotatable bonds is 50. The zero-order valence-corrected chi connectivity index (χ0v) is 46.6. The van der Waals surface area contributed by atoms with Gasteiger partial charge in [-0.25, -0.2) is 0 Å². The van der Waals surface area contributed by atoms with Crippen LogP contribution in [0.15, 0.2) is 97.2 Å². The number of aliphatic hydroxyl groups excluding tert-OH is 5. The molecule has 6 N–H and O–H groups in total. The molecule has 0 radical (unpaired) electrons. The summed E-state index contributed by atoms with van der Waals surface area (Å²) < 4.78 is 11.2. The Morgan fingerprint density at radius 3 is 1.32 bits per heavy atom. The third-order valence-electron chi connectivity index (χ3n) is 13.6. The Bertz CT molecular complexity index is 1460. The molecule has 0 aromatic heterocycles. The van der Waals surface area contributed by atoms with Gasteiger partial charge in [0.05, 0.1) is 25.4 Å². The molecule has 9 nitrogen and oxygen atoms in total. The topological polar surface area (TPSA) is 149 Å². The van der Waals surface area contributed by atoms with Gasteiger partial charge in [-0.15, -0.1) is 0 Å². The molecule has 1 saturated heterocycles. The van der Waals surface area contributed by atoms with E-state index in [2.05, 4.69) is 104 Å². The standard InChI is InChI=1S/C64H111NO8/c1-3-5-7-9-11-13-15-17-19-21-23-25-26-27-28-29-30-31-32-34-35-37-39-41-43-45-47-49-51-53-58(67)57(56-72-64-63(71)62(70)61(69)59(55-66)73-64)65-60(68)54-52-50-48-46-44-42-40-38-36-33-24-22-20-18-16-14-12-10-8-6-4-2/h6,8,12,14,18,20,24,33,38,40,43-46,51,53,57-59,61-64,66-67,69-71H,3-5,7,9-11,13,15-17,19,21-23,25-32,34-37,39,41-42,47-50,52,54-56H2,1-2H3,(H,65,68)/b8-6-,14-12-,20-18-,33-24-,40-38-,45-43+,46-44-,53-51+. The lowest BCUT2D eigenvalue weighted by Gasteiger charge is -2.40. The summed E-state index contributed by atoms with van der Waals surface area (Å²) in [5, 5.41) is 54.5. The van der Waals surface area contributed by atoms with Gasteiger partial charge in [0.2, 0.25) is 5.91 Å². The van der Waals surface area contributed by atoms with E-state index in [0.29, 0.717) is 6.42 Å². The fourth-order valence-corrected chi connectivity index (χ4v) is 8.94. The van der Waals surface area contributed by atoms with Crippen LogP contribution < -0.4 is 5.32 Å². The van der Waals surface area contributed by atoms with Gasteiger partial charge in [0.1, 0.15) is 24.4 Å². The molecule has 0 saturated carbocycles. The molecule has 0 aromatic carbocycles. The van der Waals surface area contributed by atoms with Crippen LogP contribution >= 0.6 is 0 Å². The predicted octanol–water partition coefficient (Wildman–Crippen LogP) is 15.2. The molecule has 0 bridgehead atoms. The van der Waals surface area contributed by atoms with E-state index in [1.807, 2.05) is 6.08 Å². The van der Waals surface area contributed by atoms with Gasteiger partial charge in [-0.3, -0.25) is 4.79 Å². The summed E-state index contributed by atoms with van der Waals surface area (Å²) in [5.41, 5.74) is 0. The Kier molecular flexibility index (Phi) is 49.0. The van der Waals surface area contributed by atoms with E-state index < -0.39 is 49.5 Å². The highest BCUT2D eigenvalue weighted by molar-refractivity contribution is 5.76. The zero-order chi connectivity index (χ0) is 52.9. The number of carbonyl (C=O) groups excluding carboxylic acids is 1. The van der Waals surface area contributed by atoms with Gasteiger partial charge >= 0.3 is 0 Å². The summed E-state index contributed by atoms with van der Waals surface area (Å²) in [6.45, 7) is 3.63. The first-order chi connectivity index (χ1) is 35.8. The van der Waals surface area contributed by atoms with Crippen molar-refractivity contribution in [2.75, 3.05) is 13.2 Å². The van der Waals surface area contributed by atoms with Gasteiger partial charge in [-0.2, -0.15) is 0 Å². The molecule has 9 heteroatoms. The summed E-state index contributed by atoms with van der Waals surface area (Å²) in [6, 6.07) is -0.853. The summed E-state index contributed by atoms with van der Waals surface area (Å²) in [7, 11) is 0. The smallest absolute Gasteiger partial charge is 0.220 e. The van der Waals surface area contributed by atoms with Gasteiger partial charge in [0, 0.05) is 6.42 Å². The molecule has 1 amide bonds. The maximum absolute atomic E-state index is 13.0. The molecule has 7 atom stereocenters. The van der Waals surface area contributed by atoms with Crippen molar-refractivity contribution < 1.29 is 39.8 Å². The van der Waals surface area contributed by atoms with Gasteiger partial charge in [0.25, 0.3) is 0 Å². The normalized spacial score (nSPS) is 19.8. The number of carbonyl (C=O) groups is 1. The third kappa shape index (κ3) is 42.0. The Labute approximate surface area is 447 Å². The minimum atomic E-state index is -1.59. The SMILES string of the molecule is CC/C=C\C/C=C\C/C=C\C/C=C\C/C=C\C/C=C\CCCCC(=O)NC(COC1OC(CO)C(O)C(O)C1O)C(O)/C=C/CC/C=C/CCCCCCCCCCCCCCCCCCCCCCCCC. The van der Waals surface area contributed by atoms with Crippen molar-refractivity contribution >= 4 is 5.91 Å². The molecule has 1 aliphatic heterocycles. The van der Waals surface area contributed by atoms with Crippen LogP contribution in [-0.4, -0.2) is 87.5 Å². The van der Waals surface area contributed by atoms with Crippen LogP contribution in [0.3, 0.4) is 0 Å². The van der Waals surface area contributed by atoms with Crippen LogP contribution in [0, 0.1) is 0 Å². The highest BCUT2D eigenvalue weighted by atomic mass is 16.7. The van der Waals surface area contributed by atoms with Crippen LogP contribution in [0.5, 0.6) is 0 Å². The largest absolute Gasteiger partial charge is 0.394 e. The van der Waals surface area contributed by atoms with Crippen molar-refractivity contribution in [2.24, 2.45) is 0 Å². The molecule has 0 spiro atoms. The molecule has 420 valence electrons. The highest BCUT2D eigenvalue weighted by Gasteiger charge is 2.44. The second-order valence-electron chi connectivity index (χ2n) is 20.4. The third-order valence-corrected chi connectivity index (χ3v) is 13.6. The van der Waals surface area contributed by atoms with Gasteiger partial charge in [-0.1, -0.05) is 252 Å². The molecule has 73 heavy (non-hydrogen) atoms. The summed E-state index contributed by atoms with van der Waals surface area (Å²) in [5.74, 6) is -0.230. The molecule has 1 rings (SSSR count). The van der Waals surface area contributed by atoms with E-state index >= 15 is 0 Å². The first-order valence-electron chi connectivity index (χ1n) is 30.0. The monoisotopic (exact) mass is 1020 g/mol. The van der Waals surface area contributed by atoms with Crippen LogP contribution in [0.2, 0.25) is 0 Å². The zero-order valence-electron chi connectivity index (χ0n) is 46.6. The van der Waals surface area contributed by atoms with E-state index in [-0.39, 0.29) is 18.9 Å². The van der Waals surface area contributed by atoms with E-state index in [4.69, 9.17) is 9.47 Å². The van der Waals surface area contributed by atoms with Crippen LogP contribution in [-0.2, 0) is 14.3 Å². The van der Waals surface area contributed by atoms with Crippen LogP contribution in [0.1, 0.15) is 245 Å². The predicted molar refractivity (Wildman–Crippen MR) is 308 cm³/mol. The number of hydrogen-bond donors (Lipinski definition) is 6. The van der Waals surface area contributed by atoms with Crippen molar-refractivity contribution in [2.45, 2.75) is 288 Å². The van der Waals surface area contributed by atoms with E-state index in [0.717, 1.165) is 70.6 Å². The number of aliphatic hydroxyl groups is 5. The summed E-state index contributed by atoms with van der Waals surface area (Å²) in [4.78, 5) is 13.0. The maximum Gasteiger partial charge on any atom is 0.220 e. The fraction of sp³-hybridized carbons (Fsp3) is 0.734. The molecule has 1 heterocycles. The van der Waals surface area contributed by atoms with Crippen molar-refractivity contribution in [3.63, 3.8) is 0 Å². The minimum absolute atomic E-state index is 0.224. The summed E-state index contributed by atoms with van der Waals surface area (Å²) >= 11 is 0. The molecule has 1 aliphatic rings. The first-order valence-corrected chi connectivity index (χ1v) is 30.0. The maximum atomic E-state index is 13.0. The number of unbranched alkanes of at least 4 members (excludes halogenated alkanes) is 26. The van der Waals surface area contributed by atoms with Crippen molar-refractivity contribution in [3.05, 3.63) is 97.2 Å². The minimum Gasteiger partial charge on any atom is -0.394 e. The van der Waals surface area contributed by atoms with E-state index in [1.165, 1.54) is 148 Å². The fourth-order valence-electron chi connectivity index (χ4n) is 8.94. The molecular weight excluding hydrogens is 911 g/mol. The van der Waals surface area contributed by atoms with Gasteiger partial charge in [-0.05, 0) is 83.5 Å². The van der Waals surface area contributed by atoms with Gasteiger partial charge in [0.15, 0.2) is 6.29 Å².